The van der Waals surface area contributed by atoms with Crippen LogP contribution in [0.1, 0.15) is 16.7 Å². The third kappa shape index (κ3) is 4.01. The molecule has 3 aromatic carbocycles. The third-order valence-electron chi connectivity index (χ3n) is 4.15. The summed E-state index contributed by atoms with van der Waals surface area (Å²) in [4.78, 5) is -0.253. The second-order valence-electron chi connectivity index (χ2n) is 6.26. The Kier molecular flexibility index (Phi) is 5.16. The van der Waals surface area contributed by atoms with E-state index in [-0.39, 0.29) is 10.5 Å². The Morgan fingerprint density at radius 1 is 0.964 bits per heavy atom. The number of aryl methyl sites for hydroxylation is 2. The standard InChI is InChI=1S/C20H16F3NO3S/c1-13-10-11-16(14(2)12-13)19(20(21,22)23)24-27-28(25,26)18-9-5-7-15-6-3-4-8-17(15)18/h3-12H,1-2H3/b24-19-. The van der Waals surface area contributed by atoms with Gasteiger partial charge in [-0.05, 0) is 30.9 Å². The van der Waals surface area contributed by atoms with E-state index in [4.69, 9.17) is 0 Å². The van der Waals surface area contributed by atoms with Gasteiger partial charge in [0.25, 0.3) is 0 Å². The van der Waals surface area contributed by atoms with Gasteiger partial charge in [0.1, 0.15) is 4.90 Å². The molecule has 0 spiro atoms. The van der Waals surface area contributed by atoms with Gasteiger partial charge >= 0.3 is 16.3 Å². The Morgan fingerprint density at radius 3 is 2.32 bits per heavy atom. The first-order valence-electron chi connectivity index (χ1n) is 8.24. The minimum Gasteiger partial charge on any atom is -0.264 e. The molecule has 0 amide bonds. The topological polar surface area (TPSA) is 55.7 Å². The highest BCUT2D eigenvalue weighted by Gasteiger charge is 2.39. The van der Waals surface area contributed by atoms with E-state index in [1.165, 1.54) is 31.2 Å². The van der Waals surface area contributed by atoms with Crippen molar-refractivity contribution in [2.24, 2.45) is 5.16 Å². The van der Waals surface area contributed by atoms with E-state index in [0.717, 1.165) is 5.56 Å². The Balaban J connectivity index is 2.07. The van der Waals surface area contributed by atoms with Crippen molar-refractivity contribution in [3.63, 3.8) is 0 Å². The normalized spacial score (nSPS) is 13.0. The molecule has 0 unspecified atom stereocenters. The molecule has 0 aliphatic rings. The number of hydrogen-bond acceptors (Lipinski definition) is 4. The molecule has 0 aliphatic carbocycles. The number of oxime groups is 1. The zero-order valence-corrected chi connectivity index (χ0v) is 15.8. The van der Waals surface area contributed by atoms with Crippen LogP contribution in [-0.4, -0.2) is 20.3 Å². The van der Waals surface area contributed by atoms with Crippen LogP contribution in [0.4, 0.5) is 13.2 Å². The molecule has 3 aromatic rings. The molecule has 146 valence electrons. The number of fused-ring (bicyclic) bond motifs is 1. The van der Waals surface area contributed by atoms with E-state index in [9.17, 15) is 21.6 Å². The van der Waals surface area contributed by atoms with E-state index in [1.807, 2.05) is 0 Å². The maximum atomic E-state index is 13.5. The summed E-state index contributed by atoms with van der Waals surface area (Å²) in [7, 11) is -4.56. The van der Waals surface area contributed by atoms with Crippen molar-refractivity contribution >= 4 is 26.6 Å². The summed E-state index contributed by atoms with van der Waals surface area (Å²) in [6.45, 7) is 3.23. The van der Waals surface area contributed by atoms with Gasteiger partial charge < -0.3 is 0 Å². The number of alkyl halides is 3. The molecule has 0 aromatic heterocycles. The van der Waals surface area contributed by atoms with Gasteiger partial charge in [-0.3, -0.25) is 4.28 Å². The number of rotatable bonds is 4. The smallest absolute Gasteiger partial charge is 0.264 e. The van der Waals surface area contributed by atoms with Crippen molar-refractivity contribution < 1.29 is 25.9 Å². The van der Waals surface area contributed by atoms with Gasteiger partial charge in [-0.15, -0.1) is 0 Å². The van der Waals surface area contributed by atoms with Gasteiger partial charge in [0.2, 0.25) is 0 Å². The summed E-state index contributed by atoms with van der Waals surface area (Å²) in [5.74, 6) is 0. The lowest BCUT2D eigenvalue weighted by atomic mass is 10.0. The fourth-order valence-electron chi connectivity index (χ4n) is 2.87. The van der Waals surface area contributed by atoms with Crippen molar-refractivity contribution in [2.45, 2.75) is 24.9 Å². The predicted octanol–water partition coefficient (Wildman–Crippen LogP) is 5.13. The summed E-state index contributed by atoms with van der Waals surface area (Å²) in [6.07, 6.45) is -4.89. The van der Waals surface area contributed by atoms with Crippen molar-refractivity contribution in [2.75, 3.05) is 0 Å². The maximum Gasteiger partial charge on any atom is 0.437 e. The average molecular weight is 407 g/mol. The van der Waals surface area contributed by atoms with Gasteiger partial charge in [-0.25, -0.2) is 0 Å². The van der Waals surface area contributed by atoms with E-state index in [2.05, 4.69) is 9.44 Å². The van der Waals surface area contributed by atoms with E-state index in [0.29, 0.717) is 16.3 Å². The Hall–Kier alpha value is -2.87. The van der Waals surface area contributed by atoms with E-state index >= 15 is 0 Å². The highest BCUT2D eigenvalue weighted by atomic mass is 32.2. The quantitative estimate of drug-likeness (QED) is 0.445. The molecule has 0 heterocycles. The first-order chi connectivity index (χ1) is 13.1. The molecule has 0 atom stereocenters. The van der Waals surface area contributed by atoms with Crippen molar-refractivity contribution in [1.82, 2.24) is 0 Å². The Morgan fingerprint density at radius 2 is 1.64 bits per heavy atom. The summed E-state index contributed by atoms with van der Waals surface area (Å²) in [5.41, 5.74) is -0.575. The molecule has 0 bridgehead atoms. The summed E-state index contributed by atoms with van der Waals surface area (Å²) in [6, 6.07) is 15.3. The minimum absolute atomic E-state index is 0.244. The molecule has 4 nitrogen and oxygen atoms in total. The fraction of sp³-hybridized carbons (Fsp3) is 0.150. The van der Waals surface area contributed by atoms with Crippen molar-refractivity contribution in [3.05, 3.63) is 77.4 Å². The number of halogens is 3. The maximum absolute atomic E-state index is 13.5. The highest BCUT2D eigenvalue weighted by Crippen LogP contribution is 2.28. The molecule has 3 rings (SSSR count). The zero-order chi connectivity index (χ0) is 20.5. The molecule has 0 N–H and O–H groups in total. The van der Waals surface area contributed by atoms with E-state index < -0.39 is 22.0 Å². The molecule has 8 heteroatoms. The van der Waals surface area contributed by atoms with Crippen LogP contribution in [-0.2, 0) is 14.4 Å². The molecule has 0 saturated carbocycles. The molecular formula is C20H16F3NO3S. The van der Waals surface area contributed by atoms with Crippen LogP contribution < -0.4 is 0 Å². The highest BCUT2D eigenvalue weighted by molar-refractivity contribution is 7.87. The predicted molar refractivity (Wildman–Crippen MR) is 101 cm³/mol. The molecule has 28 heavy (non-hydrogen) atoms. The van der Waals surface area contributed by atoms with Gasteiger partial charge in [0, 0.05) is 10.9 Å². The second-order valence-corrected chi connectivity index (χ2v) is 7.76. The van der Waals surface area contributed by atoms with E-state index in [1.54, 1.807) is 43.3 Å². The lowest BCUT2D eigenvalue weighted by molar-refractivity contribution is -0.0597. The van der Waals surface area contributed by atoms with Crippen molar-refractivity contribution in [3.8, 4) is 0 Å². The second kappa shape index (κ2) is 7.27. The SMILES string of the molecule is Cc1ccc(/C(=N/OS(=O)(=O)c2cccc3ccccc23)C(F)(F)F)c(C)c1. The molecular weight excluding hydrogens is 391 g/mol. The summed E-state index contributed by atoms with van der Waals surface area (Å²) >= 11 is 0. The summed E-state index contributed by atoms with van der Waals surface area (Å²) in [5, 5.41) is 3.96. The van der Waals surface area contributed by atoms with Crippen LogP contribution in [0.25, 0.3) is 10.8 Å². The minimum atomic E-state index is -4.89. The van der Waals surface area contributed by atoms with Crippen LogP contribution in [0.2, 0.25) is 0 Å². The van der Waals surface area contributed by atoms with Crippen LogP contribution >= 0.6 is 0 Å². The van der Waals surface area contributed by atoms with Gasteiger partial charge in [0.05, 0.1) is 0 Å². The molecule has 0 aliphatic heterocycles. The van der Waals surface area contributed by atoms with Gasteiger partial charge in [-0.1, -0.05) is 65.3 Å². The molecule has 0 saturated heterocycles. The van der Waals surface area contributed by atoms with Crippen LogP contribution in [0.5, 0.6) is 0 Å². The van der Waals surface area contributed by atoms with Crippen molar-refractivity contribution in [1.29, 1.82) is 0 Å². The van der Waals surface area contributed by atoms with Crippen LogP contribution in [0.15, 0.2) is 70.7 Å². The first kappa shape index (κ1) is 19.9. The third-order valence-corrected chi connectivity index (χ3v) is 5.32. The number of benzene rings is 3. The monoisotopic (exact) mass is 407 g/mol. The van der Waals surface area contributed by atoms with Gasteiger partial charge in [-0.2, -0.15) is 21.6 Å². The van der Waals surface area contributed by atoms with Crippen LogP contribution in [0, 0.1) is 13.8 Å². The Bertz CT molecular complexity index is 1160. The first-order valence-corrected chi connectivity index (χ1v) is 9.64. The lowest BCUT2D eigenvalue weighted by Crippen LogP contribution is -2.26. The summed E-state index contributed by atoms with van der Waals surface area (Å²) < 4.78 is 70.1. The number of nitrogens with zero attached hydrogens (tertiary/aromatic N) is 1. The Labute approximate surface area is 160 Å². The largest absolute Gasteiger partial charge is 0.437 e. The number of hydrogen-bond donors (Lipinski definition) is 0. The average Bonchev–Trinajstić information content (AvgIpc) is 2.62. The van der Waals surface area contributed by atoms with Crippen LogP contribution in [0.3, 0.4) is 0 Å². The van der Waals surface area contributed by atoms with Gasteiger partial charge in [0.15, 0.2) is 5.71 Å². The molecule has 0 fully saturated rings. The fourth-order valence-corrected chi connectivity index (χ4v) is 3.83. The lowest BCUT2D eigenvalue weighted by Gasteiger charge is -2.13. The zero-order valence-electron chi connectivity index (χ0n) is 15.0. The molecule has 0 radical (unpaired) electrons.